The summed E-state index contributed by atoms with van der Waals surface area (Å²) in [4.78, 5) is 10.5. The van der Waals surface area contributed by atoms with Gasteiger partial charge >= 0.3 is 0 Å². The van der Waals surface area contributed by atoms with Crippen molar-refractivity contribution in [2.45, 2.75) is 125 Å². The molecule has 0 radical (unpaired) electrons. The molecule has 0 amide bonds. The van der Waals surface area contributed by atoms with Gasteiger partial charge in [0.05, 0.1) is 28.0 Å². The first-order chi connectivity index (χ1) is 37.9. The van der Waals surface area contributed by atoms with E-state index in [1.165, 1.54) is 17.7 Å². The van der Waals surface area contributed by atoms with E-state index in [1.807, 2.05) is 48.5 Å². The Kier molecular flexibility index (Phi) is 9.66. The van der Waals surface area contributed by atoms with Crippen LogP contribution in [0.2, 0.25) is 0 Å². The highest BCUT2D eigenvalue weighted by molar-refractivity contribution is 5.98. The van der Waals surface area contributed by atoms with Crippen LogP contribution in [0.25, 0.3) is 83.9 Å². The van der Waals surface area contributed by atoms with Gasteiger partial charge in [0.2, 0.25) is 0 Å². The van der Waals surface area contributed by atoms with Crippen LogP contribution in [0.3, 0.4) is 0 Å². The van der Waals surface area contributed by atoms with Gasteiger partial charge in [-0.05, 0) is 150 Å². The highest BCUT2D eigenvalue weighted by Gasteiger charge is 2.27. The number of nitrogens with zero attached hydrogens (tertiary/aromatic N) is 3. The molecular formula is C67H71N3O. The summed E-state index contributed by atoms with van der Waals surface area (Å²) >= 11 is 0. The largest absolute Gasteiger partial charge is 0.507 e. The van der Waals surface area contributed by atoms with E-state index < -0.39 is 37.8 Å². The molecule has 0 aliphatic heterocycles. The van der Waals surface area contributed by atoms with Crippen LogP contribution < -0.4 is 0 Å². The maximum absolute atomic E-state index is 12.6. The molecule has 0 aliphatic carbocycles. The summed E-state index contributed by atoms with van der Waals surface area (Å²) in [5.74, 6) is -2.02. The maximum Gasteiger partial charge on any atom is 0.149 e. The van der Waals surface area contributed by atoms with E-state index in [-0.39, 0.29) is 22.1 Å². The van der Waals surface area contributed by atoms with Gasteiger partial charge in [0.15, 0.2) is 0 Å². The van der Waals surface area contributed by atoms with Crippen LogP contribution >= 0.6 is 0 Å². The first kappa shape index (κ1) is 36.8. The van der Waals surface area contributed by atoms with Gasteiger partial charge in [-0.15, -0.1) is 0 Å². The smallest absolute Gasteiger partial charge is 0.149 e. The number of benzene rings is 7. The summed E-state index contributed by atoms with van der Waals surface area (Å²) in [5, 5.41) is 12.6. The van der Waals surface area contributed by atoms with E-state index in [4.69, 9.17) is 22.3 Å². The summed E-state index contributed by atoms with van der Waals surface area (Å²) in [6.45, 7) is 12.0. The number of aryl methyl sites for hydroxylation is 1. The zero-order chi connectivity index (χ0) is 60.1. The fourth-order valence-electron chi connectivity index (χ4n) is 9.46. The Hall–Kier alpha value is -7.04. The van der Waals surface area contributed by atoms with Gasteiger partial charge in [0.1, 0.15) is 11.6 Å². The zero-order valence-electron chi connectivity index (χ0n) is 53.8. The van der Waals surface area contributed by atoms with Gasteiger partial charge < -0.3 is 5.11 Å². The van der Waals surface area contributed by atoms with Crippen molar-refractivity contribution >= 4 is 11.0 Å². The first-order valence-electron chi connectivity index (χ1n) is 29.9. The van der Waals surface area contributed by atoms with Crippen LogP contribution in [-0.4, -0.2) is 19.6 Å². The fourth-order valence-corrected chi connectivity index (χ4v) is 9.46. The molecule has 4 nitrogen and oxygen atoms in total. The molecule has 0 saturated carbocycles. The predicted molar refractivity (Wildman–Crippen MR) is 302 cm³/mol. The lowest BCUT2D eigenvalue weighted by Gasteiger charge is -2.22. The average molecular weight is 945 g/mol. The lowest BCUT2D eigenvalue weighted by molar-refractivity contribution is 0.466. The summed E-state index contributed by atoms with van der Waals surface area (Å²) in [6, 6.07) is 48.8. The van der Waals surface area contributed by atoms with Crippen molar-refractivity contribution in [3.8, 4) is 78.6 Å². The quantitative estimate of drug-likeness (QED) is 0.157. The summed E-state index contributed by atoms with van der Waals surface area (Å²) < 4.78 is 94.9. The minimum absolute atomic E-state index is 0.0241. The van der Waals surface area contributed by atoms with Gasteiger partial charge in [-0.1, -0.05) is 193 Å². The molecule has 9 aromatic rings. The predicted octanol–water partition coefficient (Wildman–Crippen LogP) is 18.6. The number of para-hydroxylation sites is 1. The number of hydrogen-bond acceptors (Lipinski definition) is 3. The topological polar surface area (TPSA) is 50.9 Å². The lowest BCUT2D eigenvalue weighted by atomic mass is 9.83. The van der Waals surface area contributed by atoms with Crippen LogP contribution in [0, 0.1) is 6.92 Å². The Labute approximate surface area is 439 Å². The molecule has 4 heteroatoms. The Bertz CT molecular complexity index is 3830. The third kappa shape index (κ3) is 9.74. The van der Waals surface area contributed by atoms with Crippen LogP contribution in [0.4, 0.5) is 0 Å². The van der Waals surface area contributed by atoms with Crippen molar-refractivity contribution in [3.05, 3.63) is 191 Å². The summed E-state index contributed by atoms with van der Waals surface area (Å²) in [5.41, 5.74) is 11.3. The van der Waals surface area contributed by atoms with Crippen LogP contribution in [0.5, 0.6) is 5.75 Å². The second kappa shape index (κ2) is 18.6. The van der Waals surface area contributed by atoms with Crippen molar-refractivity contribution in [2.75, 3.05) is 0 Å². The fraction of sp³-hybridized carbons (Fsp3) is 0.284. The number of imidazole rings is 1. The van der Waals surface area contributed by atoms with Gasteiger partial charge in [0.25, 0.3) is 0 Å². The molecule has 2 heterocycles. The molecule has 0 spiro atoms. The molecule has 0 bridgehead atoms. The molecule has 0 saturated heterocycles. The summed E-state index contributed by atoms with van der Waals surface area (Å²) in [7, 11) is 0. The Morgan fingerprint density at radius 3 is 1.79 bits per heavy atom. The highest BCUT2D eigenvalue weighted by atomic mass is 16.3. The number of fused-ring (bicyclic) bond motifs is 1. The van der Waals surface area contributed by atoms with Crippen molar-refractivity contribution in [1.29, 1.82) is 0 Å². The van der Waals surface area contributed by atoms with E-state index in [2.05, 4.69) is 120 Å². The SMILES string of the molecule is [2H]C(C)(C)c1cc(-c2nc3c(-c4cc(-c5cc(-c6ccc(C(C([2H])([2H])[2H])(C([2H])([2H])[2H])C([2H])([2H])[2H])cc6)ccn5)cc(C(C)(C)C)c4)cccc3n2-c2cc(C)c(-c3ccc(C(C)(C)C)cc3)cc2-c2ccccc2)c(O)c(C([2H])(C)C)c1. The third-order valence-electron chi connectivity index (χ3n) is 13.7. The van der Waals surface area contributed by atoms with E-state index in [0.717, 1.165) is 61.3 Å². The number of hydrogen-bond donors (Lipinski definition) is 1. The number of pyridine rings is 1. The number of phenols is 1. The minimum Gasteiger partial charge on any atom is -0.507 e. The van der Waals surface area contributed by atoms with E-state index in [9.17, 15) is 7.85 Å². The van der Waals surface area contributed by atoms with Gasteiger partial charge in [0, 0.05) is 38.0 Å². The molecule has 1 N–H and O–H groups in total. The van der Waals surface area contributed by atoms with Crippen molar-refractivity contribution in [2.24, 2.45) is 0 Å². The number of aromatic hydroxyl groups is 1. The Balaban J connectivity index is 1.29. The van der Waals surface area contributed by atoms with Gasteiger partial charge in [-0.2, -0.15) is 0 Å². The minimum atomic E-state index is -3.39. The summed E-state index contributed by atoms with van der Waals surface area (Å²) in [6.07, 6.45) is 1.66. The molecule has 71 heavy (non-hydrogen) atoms. The molecule has 9 rings (SSSR count). The lowest BCUT2D eigenvalue weighted by Crippen LogP contribution is -2.11. The van der Waals surface area contributed by atoms with Crippen LogP contribution in [-0.2, 0) is 16.2 Å². The molecule has 0 unspecified atom stereocenters. The molecular weight excluding hydrogens is 863 g/mol. The number of phenolic OH excluding ortho intramolecular Hbond substituents is 1. The van der Waals surface area contributed by atoms with Crippen molar-refractivity contribution in [3.63, 3.8) is 0 Å². The van der Waals surface area contributed by atoms with E-state index >= 15 is 0 Å². The first-order valence-corrected chi connectivity index (χ1v) is 24.4. The molecule has 0 fully saturated rings. The number of aromatic nitrogens is 3. The molecule has 2 aromatic heterocycles. The zero-order valence-corrected chi connectivity index (χ0v) is 42.8. The Morgan fingerprint density at radius 2 is 1.15 bits per heavy atom. The van der Waals surface area contributed by atoms with Crippen LogP contribution in [0.1, 0.15) is 150 Å². The molecule has 360 valence electrons. The monoisotopic (exact) mass is 945 g/mol. The standard InChI is InChI=1S/C67H71N3O/c1-41(2)48-37-55(42(3)4)63(71)58(38-48)64-69-62-54(49-34-50(36-53(35-49)67(12,13)14)59-39-47(31-32-68-59)44-23-27-51(28-24-44)65(6,7)8)21-18-22-60(62)70(64)61-33-43(5)56(40-57(61)45-19-16-15-17-20-45)46-25-29-52(30-26-46)66(9,10)11/h15-42,71H,1-14H3/i6D3,7D3,8D3,41D,42D. The normalized spacial score (nSPS) is 15.5. The molecule has 0 atom stereocenters. The van der Waals surface area contributed by atoms with E-state index in [1.54, 1.807) is 58.2 Å². The second-order valence-corrected chi connectivity index (χ2v) is 21.5. The Morgan fingerprint density at radius 1 is 0.521 bits per heavy atom. The van der Waals surface area contributed by atoms with Crippen molar-refractivity contribution in [1.82, 2.24) is 14.5 Å². The number of rotatable bonds is 9. The van der Waals surface area contributed by atoms with Crippen molar-refractivity contribution < 1.29 is 20.2 Å². The maximum atomic E-state index is 12.6. The van der Waals surface area contributed by atoms with Crippen LogP contribution in [0.15, 0.2) is 158 Å². The molecule has 0 aliphatic rings. The third-order valence-corrected chi connectivity index (χ3v) is 13.7. The van der Waals surface area contributed by atoms with Gasteiger partial charge in [-0.25, -0.2) is 4.98 Å². The van der Waals surface area contributed by atoms with E-state index in [0.29, 0.717) is 44.9 Å². The highest BCUT2D eigenvalue weighted by Crippen LogP contribution is 2.46. The second-order valence-electron chi connectivity index (χ2n) is 21.5. The molecule has 7 aromatic carbocycles. The van der Waals surface area contributed by atoms with Gasteiger partial charge in [-0.3, -0.25) is 9.55 Å². The average Bonchev–Trinajstić information content (AvgIpc) is 1.20.